The highest BCUT2D eigenvalue weighted by molar-refractivity contribution is 7.71. The number of imidazole rings is 1. The van der Waals surface area contributed by atoms with E-state index >= 15 is 0 Å². The Hall–Kier alpha value is -2.55. The van der Waals surface area contributed by atoms with E-state index in [9.17, 15) is 9.59 Å². The van der Waals surface area contributed by atoms with Crippen molar-refractivity contribution in [2.45, 2.75) is 6.54 Å². The van der Waals surface area contributed by atoms with Gasteiger partial charge in [-0.2, -0.15) is 0 Å². The van der Waals surface area contributed by atoms with Gasteiger partial charge in [0.05, 0.1) is 30.0 Å². The van der Waals surface area contributed by atoms with Crippen LogP contribution >= 0.6 is 35.4 Å². The molecule has 0 saturated heterocycles. The Balaban J connectivity index is 1.99. The van der Waals surface area contributed by atoms with Gasteiger partial charge in [0.25, 0.3) is 5.91 Å². The molecule has 0 aliphatic rings. The van der Waals surface area contributed by atoms with Gasteiger partial charge in [-0.15, -0.1) is 0 Å². The lowest BCUT2D eigenvalue weighted by atomic mass is 10.2. The van der Waals surface area contributed by atoms with Crippen molar-refractivity contribution >= 4 is 53.1 Å². The number of esters is 1. The summed E-state index contributed by atoms with van der Waals surface area (Å²) in [6, 6.07) is 8.14. The minimum Gasteiger partial charge on any atom is -0.464 e. The van der Waals surface area contributed by atoms with Gasteiger partial charge in [0.1, 0.15) is 5.82 Å². The van der Waals surface area contributed by atoms with Crippen molar-refractivity contribution in [3.05, 3.63) is 68.4 Å². The standard InChI is InChI=1S/C17H13Cl2N3O4S/c1-25-16(24)13-14(20-15(23)12-3-2-6-26-12)21-17(27)22(13)8-9-4-5-10(18)11(19)7-9/h2-7H,8H2,1H3,(H,20,23)(H,21,27). The average molecular weight is 426 g/mol. The van der Waals surface area contributed by atoms with Crippen LogP contribution in [0.5, 0.6) is 0 Å². The molecule has 2 heterocycles. The first-order valence-corrected chi connectivity index (χ1v) is 8.77. The second-order valence-electron chi connectivity index (χ2n) is 5.41. The molecule has 140 valence electrons. The third-order valence-corrected chi connectivity index (χ3v) is 4.73. The number of hydrogen-bond donors (Lipinski definition) is 2. The summed E-state index contributed by atoms with van der Waals surface area (Å²) in [5, 5.41) is 3.36. The third-order valence-electron chi connectivity index (χ3n) is 3.67. The number of ether oxygens (including phenoxy) is 1. The maximum atomic E-state index is 12.3. The van der Waals surface area contributed by atoms with Gasteiger partial charge in [-0.3, -0.25) is 4.79 Å². The monoisotopic (exact) mass is 425 g/mol. The minimum atomic E-state index is -0.669. The van der Waals surface area contributed by atoms with Crippen LogP contribution in [0.1, 0.15) is 26.6 Å². The number of aromatic amines is 1. The largest absolute Gasteiger partial charge is 0.464 e. The molecular formula is C17H13Cl2N3O4S. The van der Waals surface area contributed by atoms with E-state index in [1.54, 1.807) is 24.3 Å². The number of benzene rings is 1. The summed E-state index contributed by atoms with van der Waals surface area (Å²) < 4.78 is 11.6. The van der Waals surface area contributed by atoms with Gasteiger partial charge in [0.15, 0.2) is 16.2 Å². The van der Waals surface area contributed by atoms with Crippen LogP contribution < -0.4 is 5.32 Å². The summed E-state index contributed by atoms with van der Waals surface area (Å²) in [5.74, 6) is -1.02. The Morgan fingerprint density at radius 2 is 2.07 bits per heavy atom. The van der Waals surface area contributed by atoms with Crippen molar-refractivity contribution < 1.29 is 18.7 Å². The average Bonchev–Trinajstić information content (AvgIpc) is 3.27. The summed E-state index contributed by atoms with van der Waals surface area (Å²) in [5.41, 5.74) is 0.821. The molecule has 0 spiro atoms. The first kappa shape index (κ1) is 19.2. The van der Waals surface area contributed by atoms with Gasteiger partial charge in [-0.25, -0.2) is 4.79 Å². The predicted octanol–water partition coefficient (Wildman–Crippen LogP) is 4.53. The quantitative estimate of drug-likeness (QED) is 0.462. The summed E-state index contributed by atoms with van der Waals surface area (Å²) in [6.07, 6.45) is 1.37. The molecule has 0 fully saturated rings. The SMILES string of the molecule is COC(=O)c1c(NC(=O)c2ccco2)[nH]c(=S)n1Cc1ccc(Cl)c(Cl)c1. The Bertz CT molecular complexity index is 1060. The molecule has 3 aromatic rings. The molecule has 2 aromatic heterocycles. The van der Waals surface area contributed by atoms with E-state index in [0.717, 1.165) is 5.56 Å². The van der Waals surface area contributed by atoms with E-state index < -0.39 is 11.9 Å². The number of methoxy groups -OCH3 is 1. The van der Waals surface area contributed by atoms with Gasteiger partial charge in [-0.05, 0) is 42.0 Å². The zero-order valence-electron chi connectivity index (χ0n) is 13.9. The molecule has 10 heteroatoms. The Morgan fingerprint density at radius 1 is 1.30 bits per heavy atom. The Labute approximate surface area is 168 Å². The van der Waals surface area contributed by atoms with Gasteiger partial charge >= 0.3 is 5.97 Å². The predicted molar refractivity (Wildman–Crippen MR) is 103 cm³/mol. The highest BCUT2D eigenvalue weighted by atomic mass is 35.5. The zero-order valence-corrected chi connectivity index (χ0v) is 16.2. The van der Waals surface area contributed by atoms with Crippen molar-refractivity contribution in [1.82, 2.24) is 9.55 Å². The number of amides is 1. The van der Waals surface area contributed by atoms with Crippen LogP contribution in [0.15, 0.2) is 41.0 Å². The lowest BCUT2D eigenvalue weighted by molar-refractivity contribution is 0.0590. The molecule has 0 aliphatic carbocycles. The summed E-state index contributed by atoms with van der Waals surface area (Å²) >= 11 is 17.3. The van der Waals surface area contributed by atoms with Crippen molar-refractivity contribution in [3.8, 4) is 0 Å². The van der Waals surface area contributed by atoms with E-state index in [2.05, 4.69) is 10.3 Å². The van der Waals surface area contributed by atoms with Gasteiger partial charge in [0.2, 0.25) is 0 Å². The van der Waals surface area contributed by atoms with Crippen molar-refractivity contribution in [2.24, 2.45) is 0 Å². The first-order chi connectivity index (χ1) is 12.9. The van der Waals surface area contributed by atoms with E-state index in [1.807, 2.05) is 0 Å². The van der Waals surface area contributed by atoms with Crippen LogP contribution in [0.4, 0.5) is 5.82 Å². The molecular weight excluding hydrogens is 413 g/mol. The molecule has 1 aromatic carbocycles. The van der Waals surface area contributed by atoms with Gasteiger partial charge in [0, 0.05) is 0 Å². The number of carbonyl (C=O) groups excluding carboxylic acids is 2. The van der Waals surface area contributed by atoms with Crippen molar-refractivity contribution in [1.29, 1.82) is 0 Å². The Morgan fingerprint density at radius 3 is 2.70 bits per heavy atom. The lowest BCUT2D eigenvalue weighted by Gasteiger charge is -2.10. The molecule has 0 aliphatic heterocycles. The fourth-order valence-electron chi connectivity index (χ4n) is 2.42. The van der Waals surface area contributed by atoms with Crippen LogP contribution in [-0.2, 0) is 11.3 Å². The maximum absolute atomic E-state index is 12.3. The van der Waals surface area contributed by atoms with Crippen LogP contribution in [0.25, 0.3) is 0 Å². The molecule has 0 radical (unpaired) electrons. The fourth-order valence-corrected chi connectivity index (χ4v) is 3.00. The number of nitrogens with zero attached hydrogens (tertiary/aromatic N) is 1. The van der Waals surface area contributed by atoms with Crippen LogP contribution in [0.3, 0.4) is 0 Å². The number of rotatable bonds is 5. The number of nitrogens with one attached hydrogen (secondary N) is 2. The highest BCUT2D eigenvalue weighted by Crippen LogP contribution is 2.25. The maximum Gasteiger partial charge on any atom is 0.358 e. The molecule has 3 rings (SSSR count). The van der Waals surface area contributed by atoms with Crippen LogP contribution in [-0.4, -0.2) is 28.5 Å². The van der Waals surface area contributed by atoms with Gasteiger partial charge in [-0.1, -0.05) is 29.3 Å². The number of carbonyl (C=O) groups is 2. The van der Waals surface area contributed by atoms with E-state index in [0.29, 0.717) is 10.0 Å². The number of halogens is 2. The fraction of sp³-hybridized carbons (Fsp3) is 0.118. The normalized spacial score (nSPS) is 10.6. The van der Waals surface area contributed by atoms with E-state index in [1.165, 1.54) is 24.0 Å². The molecule has 0 saturated carbocycles. The smallest absolute Gasteiger partial charge is 0.358 e. The third kappa shape index (κ3) is 4.08. The van der Waals surface area contributed by atoms with E-state index in [4.69, 9.17) is 44.6 Å². The summed E-state index contributed by atoms with van der Waals surface area (Å²) in [6.45, 7) is 0.216. The highest BCUT2D eigenvalue weighted by Gasteiger charge is 2.23. The molecule has 0 bridgehead atoms. The number of H-pyrrole nitrogens is 1. The minimum absolute atomic E-state index is 0.0634. The van der Waals surface area contributed by atoms with Gasteiger partial charge < -0.3 is 24.0 Å². The number of anilines is 1. The summed E-state index contributed by atoms with van der Waals surface area (Å²) in [7, 11) is 1.24. The number of furan rings is 1. The van der Waals surface area contributed by atoms with Crippen molar-refractivity contribution in [3.63, 3.8) is 0 Å². The number of hydrogen-bond acceptors (Lipinski definition) is 5. The number of aromatic nitrogens is 2. The van der Waals surface area contributed by atoms with Crippen LogP contribution in [0.2, 0.25) is 10.0 Å². The molecule has 1 amide bonds. The lowest BCUT2D eigenvalue weighted by Crippen LogP contribution is -2.17. The Kier molecular flexibility index (Phi) is 5.69. The van der Waals surface area contributed by atoms with Crippen molar-refractivity contribution in [2.75, 3.05) is 12.4 Å². The topological polar surface area (TPSA) is 89.3 Å². The summed E-state index contributed by atoms with van der Waals surface area (Å²) in [4.78, 5) is 27.4. The van der Waals surface area contributed by atoms with E-state index in [-0.39, 0.29) is 28.6 Å². The molecule has 0 unspecified atom stereocenters. The second kappa shape index (κ2) is 7.99. The first-order valence-electron chi connectivity index (χ1n) is 7.60. The van der Waals surface area contributed by atoms with Crippen LogP contribution in [0, 0.1) is 4.77 Å². The second-order valence-corrected chi connectivity index (χ2v) is 6.61. The molecule has 27 heavy (non-hydrogen) atoms. The molecule has 0 atom stereocenters. The molecule has 7 nitrogen and oxygen atoms in total. The zero-order chi connectivity index (χ0) is 19.6. The molecule has 2 N–H and O–H groups in total.